The van der Waals surface area contributed by atoms with Crippen molar-refractivity contribution >= 4 is 21.6 Å². The van der Waals surface area contributed by atoms with E-state index in [0.29, 0.717) is 12.5 Å². The van der Waals surface area contributed by atoms with Gasteiger partial charge in [0.1, 0.15) is 4.90 Å². The molecule has 0 radical (unpaired) electrons. The highest BCUT2D eigenvalue weighted by molar-refractivity contribution is 7.89. The molecule has 2 rings (SSSR count). The molecule has 1 aliphatic heterocycles. The molecule has 1 fully saturated rings. The van der Waals surface area contributed by atoms with E-state index >= 15 is 0 Å². The van der Waals surface area contributed by atoms with Crippen molar-refractivity contribution in [2.75, 3.05) is 26.7 Å². The zero-order chi connectivity index (χ0) is 15.5. The number of nitrogens with one attached hydrogen (secondary N) is 1. The average molecular weight is 332 g/mol. The molecule has 0 aromatic heterocycles. The molecule has 1 aromatic carbocycles. The number of piperidine rings is 1. The summed E-state index contributed by atoms with van der Waals surface area (Å²) in [7, 11) is -1.54. The fraction of sp³-hybridized carbons (Fsp3) is 0.571. The van der Waals surface area contributed by atoms with Gasteiger partial charge in [-0.2, -0.15) is 0 Å². The van der Waals surface area contributed by atoms with Crippen molar-refractivity contribution in [1.82, 2.24) is 9.62 Å². The fourth-order valence-electron chi connectivity index (χ4n) is 2.63. The smallest absolute Gasteiger partial charge is 0.242 e. The van der Waals surface area contributed by atoms with Crippen LogP contribution in [0, 0.1) is 5.92 Å². The molecule has 7 heteroatoms. The fourth-order valence-corrected chi connectivity index (χ4v) is 4.29. The summed E-state index contributed by atoms with van der Waals surface area (Å²) >= 11 is 6.01. The van der Waals surface area contributed by atoms with Gasteiger partial charge in [0.25, 0.3) is 0 Å². The van der Waals surface area contributed by atoms with Crippen LogP contribution in [-0.2, 0) is 16.6 Å². The zero-order valence-electron chi connectivity index (χ0n) is 12.2. The largest absolute Gasteiger partial charge is 0.326 e. The summed E-state index contributed by atoms with van der Waals surface area (Å²) in [5.74, 6) is 0.343. The molecule has 1 aromatic rings. The Bertz CT molecular complexity index is 592. The number of rotatable bonds is 5. The third-order valence-electron chi connectivity index (χ3n) is 3.80. The molecular formula is C14H22ClN3O2S. The van der Waals surface area contributed by atoms with Gasteiger partial charge in [0.2, 0.25) is 10.0 Å². The van der Waals surface area contributed by atoms with Crippen molar-refractivity contribution in [3.8, 4) is 0 Å². The minimum atomic E-state index is -3.60. The Morgan fingerprint density at radius 1 is 1.48 bits per heavy atom. The molecule has 0 saturated carbocycles. The Hall–Kier alpha value is -0.660. The molecule has 1 unspecified atom stereocenters. The Labute approximate surface area is 131 Å². The van der Waals surface area contributed by atoms with Crippen LogP contribution in [0.25, 0.3) is 0 Å². The third kappa shape index (κ3) is 4.40. The molecule has 0 amide bonds. The van der Waals surface area contributed by atoms with Crippen LogP contribution < -0.4 is 10.5 Å². The highest BCUT2D eigenvalue weighted by atomic mass is 35.5. The average Bonchev–Trinajstić information content (AvgIpc) is 2.46. The molecule has 0 aliphatic carbocycles. The topological polar surface area (TPSA) is 75.4 Å². The minimum absolute atomic E-state index is 0.108. The number of nitrogens with zero attached hydrogens (tertiary/aromatic N) is 1. The first kappa shape index (κ1) is 16.7. The highest BCUT2D eigenvalue weighted by Crippen LogP contribution is 2.23. The van der Waals surface area contributed by atoms with Crippen LogP contribution in [0.2, 0.25) is 5.02 Å². The predicted octanol–water partition coefficient (Wildman–Crippen LogP) is 1.42. The number of hydrogen-bond acceptors (Lipinski definition) is 4. The number of likely N-dealkylation sites (tertiary alicyclic amines) is 1. The molecule has 5 nitrogen and oxygen atoms in total. The van der Waals surface area contributed by atoms with E-state index in [-0.39, 0.29) is 16.5 Å². The first-order chi connectivity index (χ1) is 9.92. The van der Waals surface area contributed by atoms with E-state index in [1.54, 1.807) is 12.1 Å². The monoisotopic (exact) mass is 331 g/mol. The van der Waals surface area contributed by atoms with Crippen molar-refractivity contribution in [1.29, 1.82) is 0 Å². The van der Waals surface area contributed by atoms with E-state index in [2.05, 4.69) is 16.7 Å². The number of hydrogen-bond donors (Lipinski definition) is 2. The van der Waals surface area contributed by atoms with Gasteiger partial charge in [-0.1, -0.05) is 17.7 Å². The lowest BCUT2D eigenvalue weighted by Crippen LogP contribution is -2.39. The maximum atomic E-state index is 12.4. The standard InChI is InChI=1S/C14H22ClN3O2S/c1-18-6-2-3-12(10-18)9-17-21(19,20)14-7-11(8-16)4-5-13(14)15/h4-5,7,12,17H,2-3,6,8-10,16H2,1H3. The van der Waals surface area contributed by atoms with Crippen LogP contribution in [0.3, 0.4) is 0 Å². The Kier molecular flexibility index (Phi) is 5.62. The van der Waals surface area contributed by atoms with Gasteiger partial charge in [0.15, 0.2) is 0 Å². The second kappa shape index (κ2) is 7.07. The lowest BCUT2D eigenvalue weighted by Gasteiger charge is -2.29. The number of halogens is 1. The van der Waals surface area contributed by atoms with Gasteiger partial charge in [-0.25, -0.2) is 13.1 Å². The van der Waals surface area contributed by atoms with Crippen molar-refractivity contribution < 1.29 is 8.42 Å². The summed E-state index contributed by atoms with van der Waals surface area (Å²) in [5, 5.41) is 0.223. The summed E-state index contributed by atoms with van der Waals surface area (Å²) in [5.41, 5.74) is 6.30. The molecule has 1 atom stereocenters. The quantitative estimate of drug-likeness (QED) is 0.855. The number of sulfonamides is 1. The first-order valence-electron chi connectivity index (χ1n) is 7.09. The Morgan fingerprint density at radius 2 is 2.24 bits per heavy atom. The van der Waals surface area contributed by atoms with Crippen LogP contribution in [0.4, 0.5) is 0 Å². The Balaban J connectivity index is 2.08. The maximum absolute atomic E-state index is 12.4. The number of nitrogens with two attached hydrogens (primary N) is 1. The lowest BCUT2D eigenvalue weighted by atomic mass is 9.99. The number of benzene rings is 1. The summed E-state index contributed by atoms with van der Waals surface area (Å²) in [6, 6.07) is 4.85. The van der Waals surface area contributed by atoms with Crippen LogP contribution in [0.1, 0.15) is 18.4 Å². The summed E-state index contributed by atoms with van der Waals surface area (Å²) in [6.07, 6.45) is 2.15. The molecule has 21 heavy (non-hydrogen) atoms. The normalized spacial score (nSPS) is 20.6. The molecule has 3 N–H and O–H groups in total. The van der Waals surface area contributed by atoms with Crippen molar-refractivity contribution in [2.45, 2.75) is 24.3 Å². The summed E-state index contributed by atoms with van der Waals surface area (Å²) in [6.45, 7) is 2.72. The molecule has 1 heterocycles. The summed E-state index contributed by atoms with van der Waals surface area (Å²) in [4.78, 5) is 2.33. The third-order valence-corrected chi connectivity index (χ3v) is 5.71. The van der Waals surface area contributed by atoms with Crippen LogP contribution in [0.15, 0.2) is 23.1 Å². The van der Waals surface area contributed by atoms with Crippen molar-refractivity contribution in [3.05, 3.63) is 28.8 Å². The van der Waals surface area contributed by atoms with Gasteiger partial charge in [-0.3, -0.25) is 0 Å². The molecule has 0 spiro atoms. The molecule has 118 valence electrons. The van der Waals surface area contributed by atoms with Crippen LogP contribution >= 0.6 is 11.6 Å². The maximum Gasteiger partial charge on any atom is 0.242 e. The van der Waals surface area contributed by atoms with E-state index in [0.717, 1.165) is 31.5 Å². The van der Waals surface area contributed by atoms with E-state index in [1.807, 2.05) is 0 Å². The predicted molar refractivity (Wildman–Crippen MR) is 84.8 cm³/mol. The lowest BCUT2D eigenvalue weighted by molar-refractivity contribution is 0.211. The van der Waals surface area contributed by atoms with E-state index in [4.69, 9.17) is 17.3 Å². The first-order valence-corrected chi connectivity index (χ1v) is 8.95. The second-order valence-corrected chi connectivity index (χ2v) is 7.73. The second-order valence-electron chi connectivity index (χ2n) is 5.59. The van der Waals surface area contributed by atoms with Gasteiger partial charge in [0.05, 0.1) is 5.02 Å². The van der Waals surface area contributed by atoms with Gasteiger partial charge in [-0.05, 0) is 50.0 Å². The van der Waals surface area contributed by atoms with Gasteiger partial charge >= 0.3 is 0 Å². The van der Waals surface area contributed by atoms with Crippen LogP contribution in [0.5, 0.6) is 0 Å². The summed E-state index contributed by atoms with van der Waals surface area (Å²) < 4.78 is 27.5. The van der Waals surface area contributed by atoms with Gasteiger partial charge < -0.3 is 10.6 Å². The molecule has 1 aliphatic rings. The Morgan fingerprint density at radius 3 is 2.90 bits per heavy atom. The van der Waals surface area contributed by atoms with Crippen molar-refractivity contribution in [3.63, 3.8) is 0 Å². The van der Waals surface area contributed by atoms with E-state index < -0.39 is 10.0 Å². The van der Waals surface area contributed by atoms with Crippen molar-refractivity contribution in [2.24, 2.45) is 11.7 Å². The zero-order valence-corrected chi connectivity index (χ0v) is 13.8. The minimum Gasteiger partial charge on any atom is -0.326 e. The van der Waals surface area contributed by atoms with Gasteiger partial charge in [-0.15, -0.1) is 0 Å². The van der Waals surface area contributed by atoms with Crippen LogP contribution in [-0.4, -0.2) is 40.0 Å². The van der Waals surface area contributed by atoms with Gasteiger partial charge in [0, 0.05) is 19.6 Å². The highest BCUT2D eigenvalue weighted by Gasteiger charge is 2.22. The van der Waals surface area contributed by atoms with E-state index in [9.17, 15) is 8.42 Å². The molecule has 1 saturated heterocycles. The SMILES string of the molecule is CN1CCCC(CNS(=O)(=O)c2cc(CN)ccc2Cl)C1. The molecule has 0 bridgehead atoms. The molecular weight excluding hydrogens is 310 g/mol. The van der Waals surface area contributed by atoms with E-state index in [1.165, 1.54) is 6.07 Å².